The Kier molecular flexibility index (Phi) is 3.80. The van der Waals surface area contributed by atoms with E-state index in [4.69, 9.17) is 27.5 Å². The molecule has 0 aliphatic carbocycles. The van der Waals surface area contributed by atoms with Crippen molar-refractivity contribution in [1.82, 2.24) is 9.78 Å². The monoisotopic (exact) mass is 315 g/mol. The fourth-order valence-electron chi connectivity index (χ4n) is 1.63. The molecule has 0 unspecified atom stereocenters. The summed E-state index contributed by atoms with van der Waals surface area (Å²) in [4.78, 5) is 0. The summed E-state index contributed by atoms with van der Waals surface area (Å²) in [5.74, 6) is 0. The van der Waals surface area contributed by atoms with Gasteiger partial charge in [0, 0.05) is 15.7 Å². The molecule has 5 nitrogen and oxygen atoms in total. The molecule has 0 spiro atoms. The molecule has 0 aliphatic rings. The largest absolute Gasteiger partial charge is 0.279 e. The lowest BCUT2D eigenvalue weighted by Gasteiger charge is -2.05. The maximum atomic E-state index is 11.5. The van der Waals surface area contributed by atoms with Crippen molar-refractivity contribution in [2.75, 3.05) is 0 Å². The van der Waals surface area contributed by atoms with Crippen molar-refractivity contribution in [1.29, 1.82) is 5.26 Å². The molecule has 19 heavy (non-hydrogen) atoms. The number of aromatic nitrogens is 2. The van der Waals surface area contributed by atoms with E-state index < -0.39 is 9.05 Å². The van der Waals surface area contributed by atoms with Crippen LogP contribution in [0.1, 0.15) is 11.1 Å². The zero-order valence-electron chi connectivity index (χ0n) is 9.42. The average Bonchev–Trinajstić information content (AvgIpc) is 2.71. The Hall–Kier alpha value is -1.55. The molecule has 0 saturated carbocycles. The topological polar surface area (TPSA) is 75.8 Å². The Labute approximate surface area is 119 Å². The van der Waals surface area contributed by atoms with Crippen molar-refractivity contribution in [2.45, 2.75) is 11.6 Å². The number of hydrogen-bond acceptors (Lipinski definition) is 4. The van der Waals surface area contributed by atoms with Crippen LogP contribution in [0.5, 0.6) is 0 Å². The molecule has 1 heterocycles. The van der Waals surface area contributed by atoms with Gasteiger partial charge in [-0.3, -0.25) is 0 Å². The molecule has 0 aliphatic heterocycles. The van der Waals surface area contributed by atoms with Gasteiger partial charge in [-0.15, -0.1) is 0 Å². The zero-order valence-corrected chi connectivity index (χ0v) is 11.7. The van der Waals surface area contributed by atoms with Gasteiger partial charge in [0.2, 0.25) is 0 Å². The van der Waals surface area contributed by atoms with Crippen LogP contribution in [-0.4, -0.2) is 18.2 Å². The number of nitriles is 1. The third-order valence-electron chi connectivity index (χ3n) is 2.36. The van der Waals surface area contributed by atoms with Crippen LogP contribution in [0.4, 0.5) is 0 Å². The smallest absolute Gasteiger partial charge is 0.247 e. The van der Waals surface area contributed by atoms with Crippen molar-refractivity contribution in [2.24, 2.45) is 0 Å². The molecule has 0 N–H and O–H groups in total. The molecule has 2 rings (SSSR count). The quantitative estimate of drug-likeness (QED) is 0.815. The van der Waals surface area contributed by atoms with E-state index in [9.17, 15) is 8.42 Å². The second-order valence-electron chi connectivity index (χ2n) is 3.70. The van der Waals surface area contributed by atoms with Gasteiger partial charge < -0.3 is 0 Å². The summed E-state index contributed by atoms with van der Waals surface area (Å²) in [6.45, 7) is 0.156. The van der Waals surface area contributed by atoms with E-state index in [1.807, 2.05) is 0 Å². The van der Waals surface area contributed by atoms with E-state index in [2.05, 4.69) is 5.10 Å². The molecule has 2 aromatic rings. The van der Waals surface area contributed by atoms with E-state index >= 15 is 0 Å². The lowest BCUT2D eigenvalue weighted by molar-refractivity contribution is 0.573. The lowest BCUT2D eigenvalue weighted by atomic mass is 10.2. The Balaban J connectivity index is 2.48. The second-order valence-corrected chi connectivity index (χ2v) is 6.62. The van der Waals surface area contributed by atoms with Crippen LogP contribution in [-0.2, 0) is 15.6 Å². The van der Waals surface area contributed by atoms with Crippen LogP contribution >= 0.6 is 22.3 Å². The van der Waals surface area contributed by atoms with Gasteiger partial charge in [-0.05, 0) is 17.7 Å². The Morgan fingerprint density at radius 2 is 2.16 bits per heavy atom. The maximum absolute atomic E-state index is 11.5. The first-order chi connectivity index (χ1) is 8.91. The average molecular weight is 316 g/mol. The van der Waals surface area contributed by atoms with Crippen molar-refractivity contribution in [3.05, 3.63) is 46.6 Å². The first-order valence-corrected chi connectivity index (χ1v) is 7.75. The van der Waals surface area contributed by atoms with Crippen LogP contribution in [0.25, 0.3) is 0 Å². The number of benzene rings is 1. The first kappa shape index (κ1) is 13.9. The number of halogens is 2. The summed E-state index contributed by atoms with van der Waals surface area (Å²) in [6.07, 6.45) is 1.17. The van der Waals surface area contributed by atoms with Gasteiger partial charge in [0.05, 0.1) is 12.7 Å². The summed E-state index contributed by atoms with van der Waals surface area (Å²) >= 11 is 5.85. The molecule has 0 atom stereocenters. The minimum Gasteiger partial charge on any atom is -0.247 e. The number of hydrogen-bond donors (Lipinski definition) is 0. The van der Waals surface area contributed by atoms with Gasteiger partial charge in [-0.25, -0.2) is 13.1 Å². The van der Waals surface area contributed by atoms with Crippen molar-refractivity contribution in [3.8, 4) is 6.07 Å². The zero-order chi connectivity index (χ0) is 14.0. The molecular formula is C11H7Cl2N3O2S. The molecular weight excluding hydrogens is 309 g/mol. The van der Waals surface area contributed by atoms with Gasteiger partial charge >= 0.3 is 0 Å². The SMILES string of the molecule is N#Cc1cnn(Cc2cccc(Cl)c2)c1S(=O)(=O)Cl. The molecule has 98 valence electrons. The highest BCUT2D eigenvalue weighted by Gasteiger charge is 2.22. The van der Waals surface area contributed by atoms with Crippen molar-refractivity contribution < 1.29 is 8.42 Å². The Morgan fingerprint density at radius 3 is 2.74 bits per heavy atom. The van der Waals surface area contributed by atoms with Gasteiger partial charge in [0.15, 0.2) is 5.03 Å². The van der Waals surface area contributed by atoms with Crippen molar-refractivity contribution >= 4 is 31.3 Å². The summed E-state index contributed by atoms with van der Waals surface area (Å²) in [5.41, 5.74) is 0.665. The van der Waals surface area contributed by atoms with Gasteiger partial charge in [-0.2, -0.15) is 10.4 Å². The lowest BCUT2D eigenvalue weighted by Crippen LogP contribution is -2.09. The van der Waals surface area contributed by atoms with E-state index in [-0.39, 0.29) is 17.1 Å². The Bertz CT molecular complexity index is 762. The Morgan fingerprint density at radius 1 is 1.42 bits per heavy atom. The van der Waals surface area contributed by atoms with Crippen LogP contribution in [0, 0.1) is 11.3 Å². The van der Waals surface area contributed by atoms with Crippen LogP contribution in [0.3, 0.4) is 0 Å². The van der Waals surface area contributed by atoms with Crippen LogP contribution in [0.15, 0.2) is 35.5 Å². The van der Waals surface area contributed by atoms with Gasteiger partial charge in [-0.1, -0.05) is 23.7 Å². The molecule has 0 bridgehead atoms. The summed E-state index contributed by atoms with van der Waals surface area (Å²) < 4.78 is 24.1. The fraction of sp³-hybridized carbons (Fsp3) is 0.0909. The normalized spacial score (nSPS) is 11.2. The van der Waals surface area contributed by atoms with Gasteiger partial charge in [0.1, 0.15) is 11.6 Å². The molecule has 0 amide bonds. The third kappa shape index (κ3) is 3.07. The molecule has 1 aromatic heterocycles. The minimum atomic E-state index is -4.05. The highest BCUT2D eigenvalue weighted by Crippen LogP contribution is 2.21. The number of rotatable bonds is 3. The highest BCUT2D eigenvalue weighted by molar-refractivity contribution is 8.13. The first-order valence-electron chi connectivity index (χ1n) is 5.07. The molecule has 0 saturated heterocycles. The summed E-state index contributed by atoms with van der Waals surface area (Å²) in [6, 6.07) is 8.64. The predicted molar refractivity (Wildman–Crippen MR) is 70.5 cm³/mol. The van der Waals surface area contributed by atoms with Crippen LogP contribution < -0.4 is 0 Å². The standard InChI is InChI=1S/C11H7Cl2N3O2S/c12-10-3-1-2-8(4-10)7-16-11(19(13,17)18)9(5-14)6-15-16/h1-4,6H,7H2. The predicted octanol–water partition coefficient (Wildman–Crippen LogP) is 2.38. The second kappa shape index (κ2) is 5.21. The molecule has 0 radical (unpaired) electrons. The fourth-order valence-corrected chi connectivity index (χ4v) is 3.05. The summed E-state index contributed by atoms with van der Waals surface area (Å²) in [5, 5.41) is 12.9. The van der Waals surface area contributed by atoms with E-state index in [0.717, 1.165) is 10.2 Å². The molecule has 0 fully saturated rings. The van der Waals surface area contributed by atoms with Crippen LogP contribution in [0.2, 0.25) is 5.02 Å². The highest BCUT2D eigenvalue weighted by atomic mass is 35.7. The summed E-state index contributed by atoms with van der Waals surface area (Å²) in [7, 11) is 1.27. The van der Waals surface area contributed by atoms with Gasteiger partial charge in [0.25, 0.3) is 9.05 Å². The molecule has 8 heteroatoms. The minimum absolute atomic E-state index is 0.0861. The number of nitrogens with zero attached hydrogens (tertiary/aromatic N) is 3. The van der Waals surface area contributed by atoms with E-state index in [0.29, 0.717) is 5.02 Å². The van der Waals surface area contributed by atoms with Crippen molar-refractivity contribution in [3.63, 3.8) is 0 Å². The third-order valence-corrected chi connectivity index (χ3v) is 3.93. The molecule has 1 aromatic carbocycles. The maximum Gasteiger partial charge on any atom is 0.279 e. The van der Waals surface area contributed by atoms with E-state index in [1.165, 1.54) is 6.20 Å². The van der Waals surface area contributed by atoms with E-state index in [1.54, 1.807) is 30.3 Å².